The smallest absolute Gasteiger partial charge is 0.0776 e. The van der Waals surface area contributed by atoms with Crippen LogP contribution >= 0.6 is 47.4 Å². The van der Waals surface area contributed by atoms with Crippen LogP contribution in [0.3, 0.4) is 0 Å². The summed E-state index contributed by atoms with van der Waals surface area (Å²) in [4.78, 5) is 5.91. The molecular weight excluding hydrogens is 258 g/mol. The Bertz CT molecular complexity index is 371. The quantitative estimate of drug-likeness (QED) is 0.607. The lowest BCUT2D eigenvalue weighted by molar-refractivity contribution is 1.41. The fourth-order valence-corrected chi connectivity index (χ4v) is 24.7. The third kappa shape index (κ3) is 1.34. The average molecular weight is 263 g/mol. The van der Waals surface area contributed by atoms with Crippen molar-refractivity contribution in [3.8, 4) is 0 Å². The van der Waals surface area contributed by atoms with E-state index in [0.29, 0.717) is 0 Å². The summed E-state index contributed by atoms with van der Waals surface area (Å²) in [6.45, 7) is 0. The van der Waals surface area contributed by atoms with Gasteiger partial charge in [0.05, 0.1) is 11.2 Å². The van der Waals surface area contributed by atoms with Crippen LogP contribution in [0.2, 0.25) is 0 Å². The summed E-state index contributed by atoms with van der Waals surface area (Å²) < 4.78 is 0. The van der Waals surface area contributed by atoms with Crippen molar-refractivity contribution < 1.29 is 0 Å². The van der Waals surface area contributed by atoms with Crippen LogP contribution in [-0.4, -0.2) is 5.55 Å². The molecule has 0 aliphatic carbocycles. The van der Waals surface area contributed by atoms with Gasteiger partial charge in [0.25, 0.3) is 0 Å². The van der Waals surface area contributed by atoms with Gasteiger partial charge in [0, 0.05) is 4.90 Å². The summed E-state index contributed by atoms with van der Waals surface area (Å²) in [6.07, 6.45) is 0. The third-order valence-corrected chi connectivity index (χ3v) is 19.6. The Labute approximate surface area is 92.2 Å². The molecule has 0 atom stereocenters. The molecule has 3 rings (SSSR count). The predicted octanol–water partition coefficient (Wildman–Crippen LogP) is 5.04. The van der Waals surface area contributed by atoms with E-state index in [2.05, 4.69) is 34.8 Å². The molecule has 0 unspecified atom stereocenters. The van der Waals surface area contributed by atoms with Crippen LogP contribution < -0.4 is 0 Å². The highest BCUT2D eigenvalue weighted by Crippen LogP contribution is 2.90. The molecule has 1 nitrogen and oxygen atoms in total. The Balaban J connectivity index is 2.16. The summed E-state index contributed by atoms with van der Waals surface area (Å²) in [7, 11) is 6.88. The van der Waals surface area contributed by atoms with Crippen LogP contribution in [0, 0.1) is 0 Å². The number of hydrogen-bond donors (Lipinski definition) is 0. The second kappa shape index (κ2) is 3.34. The molecule has 13 heavy (non-hydrogen) atoms. The lowest BCUT2D eigenvalue weighted by Gasteiger charge is -2.21. The molecule has 2 heterocycles. The highest BCUT2D eigenvalue weighted by molar-refractivity contribution is 9.68. The molecule has 0 amide bonds. The highest BCUT2D eigenvalue weighted by Gasteiger charge is 2.38. The Morgan fingerprint density at radius 3 is 2.69 bits per heavy atom. The maximum absolute atomic E-state index is 4.48. The highest BCUT2D eigenvalue weighted by atomic mass is 34.1. The van der Waals surface area contributed by atoms with E-state index in [1.54, 1.807) is 0 Å². The van der Waals surface area contributed by atoms with Gasteiger partial charge in [-0.15, -0.1) is 0 Å². The average Bonchev–Trinajstić information content (AvgIpc) is 2.78. The van der Waals surface area contributed by atoms with E-state index in [9.17, 15) is 0 Å². The first-order valence-electron chi connectivity index (χ1n) is 3.58. The van der Waals surface area contributed by atoms with Crippen molar-refractivity contribution in [2.24, 2.45) is 4.99 Å². The molecular formula is C7H5NS5. The van der Waals surface area contributed by atoms with Crippen LogP contribution in [0.4, 0.5) is 5.69 Å². The lowest BCUT2D eigenvalue weighted by Crippen LogP contribution is -1.80. The van der Waals surface area contributed by atoms with E-state index < -0.39 is 8.09 Å². The minimum atomic E-state index is -0.818. The van der Waals surface area contributed by atoms with E-state index in [4.69, 9.17) is 0 Å². The number of nitrogens with zero attached hydrogens (tertiary/aromatic N) is 1. The summed E-state index contributed by atoms with van der Waals surface area (Å²) in [6, 6.07) is 8.47. The van der Waals surface area contributed by atoms with Crippen molar-refractivity contribution >= 4 is 58.6 Å². The Morgan fingerprint density at radius 2 is 1.85 bits per heavy atom. The zero-order chi connectivity index (χ0) is 8.73. The van der Waals surface area contributed by atoms with Crippen LogP contribution in [-0.2, 0) is 0 Å². The molecule has 1 saturated heterocycles. The van der Waals surface area contributed by atoms with Crippen LogP contribution in [0.5, 0.6) is 0 Å². The predicted molar refractivity (Wildman–Crippen MR) is 70.8 cm³/mol. The Hall–Kier alpha value is 0.640. The lowest BCUT2D eigenvalue weighted by atomic mass is 10.3. The first-order valence-corrected chi connectivity index (χ1v) is 11.1. The summed E-state index contributed by atoms with van der Waals surface area (Å²) >= 11 is 0. The molecule has 2 aliphatic heterocycles. The van der Waals surface area contributed by atoms with Gasteiger partial charge in [0.2, 0.25) is 0 Å². The van der Waals surface area contributed by atoms with Crippen LogP contribution in [0.1, 0.15) is 0 Å². The summed E-state index contributed by atoms with van der Waals surface area (Å²) in [5.41, 5.74) is 3.32. The zero-order valence-corrected chi connectivity index (χ0v) is 10.5. The van der Waals surface area contributed by atoms with Gasteiger partial charge < -0.3 is 0 Å². The Morgan fingerprint density at radius 1 is 1.08 bits per heavy atom. The fraction of sp³-hybridized carbons (Fsp3) is 0. The second-order valence-corrected chi connectivity index (χ2v) is 15.1. The topological polar surface area (TPSA) is 12.4 Å². The van der Waals surface area contributed by atoms with Crippen LogP contribution in [0.25, 0.3) is 0 Å². The minimum absolute atomic E-state index is 0.818. The molecule has 0 saturated carbocycles. The number of rotatable bonds is 0. The van der Waals surface area contributed by atoms with Crippen molar-refractivity contribution in [1.29, 1.82) is 0 Å². The number of para-hydroxylation sites is 1. The van der Waals surface area contributed by atoms with Gasteiger partial charge in [-0.05, 0) is 51.4 Å². The van der Waals surface area contributed by atoms with Crippen LogP contribution in [0.15, 0.2) is 34.2 Å². The molecule has 6 heteroatoms. The maximum Gasteiger partial charge on any atom is 0.0776 e. The number of fused-ring (bicyclic) bond motifs is 2. The molecule has 2 aliphatic rings. The maximum atomic E-state index is 4.48. The zero-order valence-electron chi connectivity index (χ0n) is 6.38. The SMILES string of the molecule is C1=Nc2ccccc2S12SSSS2. The fourth-order valence-electron chi connectivity index (χ4n) is 1.21. The number of benzene rings is 1. The van der Waals surface area contributed by atoms with Gasteiger partial charge in [-0.1, -0.05) is 20.2 Å². The largest absolute Gasteiger partial charge is 0.248 e. The third-order valence-electron chi connectivity index (χ3n) is 1.79. The number of hydrogen-bond acceptors (Lipinski definition) is 5. The monoisotopic (exact) mass is 263 g/mol. The van der Waals surface area contributed by atoms with E-state index >= 15 is 0 Å². The molecule has 0 aromatic heterocycles. The Kier molecular flexibility index (Phi) is 2.29. The van der Waals surface area contributed by atoms with Gasteiger partial charge in [0.1, 0.15) is 0 Å². The molecule has 1 aromatic rings. The van der Waals surface area contributed by atoms with E-state index in [0.717, 1.165) is 0 Å². The molecule has 1 aromatic carbocycles. The molecule has 1 spiro atoms. The molecule has 0 bridgehead atoms. The number of aliphatic imine (C=N–C) groups is 1. The van der Waals surface area contributed by atoms with Crippen molar-refractivity contribution in [2.45, 2.75) is 4.90 Å². The van der Waals surface area contributed by atoms with Crippen molar-refractivity contribution in [2.75, 3.05) is 0 Å². The molecule has 0 N–H and O–H groups in total. The summed E-state index contributed by atoms with van der Waals surface area (Å²) in [5.74, 6) is 0. The normalized spacial score (nSPS) is 24.9. The molecule has 0 radical (unpaired) electrons. The molecule has 68 valence electrons. The van der Waals surface area contributed by atoms with Gasteiger partial charge in [-0.2, -0.15) is 0 Å². The molecule has 1 fully saturated rings. The van der Waals surface area contributed by atoms with Gasteiger partial charge in [0.15, 0.2) is 0 Å². The van der Waals surface area contributed by atoms with Gasteiger partial charge in [-0.25, -0.2) is 4.99 Å². The van der Waals surface area contributed by atoms with Gasteiger partial charge in [-0.3, -0.25) is 0 Å². The van der Waals surface area contributed by atoms with E-state index in [-0.39, 0.29) is 0 Å². The van der Waals surface area contributed by atoms with E-state index in [1.807, 2.05) is 39.3 Å². The van der Waals surface area contributed by atoms with Gasteiger partial charge >= 0.3 is 0 Å². The second-order valence-electron chi connectivity index (χ2n) is 2.52. The van der Waals surface area contributed by atoms with Crippen molar-refractivity contribution in [3.05, 3.63) is 24.3 Å². The standard InChI is InChI=1S/C7H5NS5/c1-2-4-7-6(3-1)8-5-13(7)11-9-10-12-13/h1-5H. The van der Waals surface area contributed by atoms with Crippen molar-refractivity contribution in [3.63, 3.8) is 0 Å². The van der Waals surface area contributed by atoms with Crippen molar-refractivity contribution in [1.82, 2.24) is 0 Å². The first kappa shape index (κ1) is 8.91. The minimum Gasteiger partial charge on any atom is -0.248 e. The first-order chi connectivity index (χ1) is 6.41. The summed E-state index contributed by atoms with van der Waals surface area (Å²) in [5, 5.41) is 0. The van der Waals surface area contributed by atoms with E-state index in [1.165, 1.54) is 10.6 Å².